The van der Waals surface area contributed by atoms with Crippen molar-refractivity contribution >= 4 is 33.2 Å². The second-order valence-corrected chi connectivity index (χ2v) is 4.96. The summed E-state index contributed by atoms with van der Waals surface area (Å²) in [4.78, 5) is 12.2. The van der Waals surface area contributed by atoms with Crippen molar-refractivity contribution in [2.24, 2.45) is 5.84 Å². The lowest BCUT2D eigenvalue weighted by Crippen LogP contribution is -2.18. The average molecular weight is 354 g/mol. The van der Waals surface area contributed by atoms with Crippen LogP contribution in [0.25, 0.3) is 0 Å². The van der Waals surface area contributed by atoms with Gasteiger partial charge in [0, 0.05) is 5.69 Å². The van der Waals surface area contributed by atoms with Crippen LogP contribution in [0.2, 0.25) is 0 Å². The number of carbonyl (C=O) groups excluding carboxylic acids is 1. The molecule has 7 heteroatoms. The van der Waals surface area contributed by atoms with Crippen molar-refractivity contribution in [2.75, 3.05) is 17.9 Å². The Morgan fingerprint density at radius 3 is 2.71 bits per heavy atom. The van der Waals surface area contributed by atoms with E-state index in [0.717, 1.165) is 0 Å². The predicted molar refractivity (Wildman–Crippen MR) is 82.9 cm³/mol. The molecule has 110 valence electrons. The van der Waals surface area contributed by atoms with Gasteiger partial charge in [-0.3, -0.25) is 10.6 Å². The molecule has 1 amide bonds. The third kappa shape index (κ3) is 3.32. The number of anilines is 2. The molecule has 2 aromatic rings. The molecule has 0 aliphatic heterocycles. The van der Waals surface area contributed by atoms with E-state index in [1.54, 1.807) is 25.3 Å². The molecule has 0 saturated heterocycles. The number of carbonyl (C=O) groups is 1. The summed E-state index contributed by atoms with van der Waals surface area (Å²) in [6.07, 6.45) is 0. The minimum Gasteiger partial charge on any atom is -0.496 e. The van der Waals surface area contributed by atoms with Crippen molar-refractivity contribution in [3.8, 4) is 5.75 Å². The summed E-state index contributed by atoms with van der Waals surface area (Å²) in [5, 5.41) is 2.67. The number of halogens is 2. The van der Waals surface area contributed by atoms with Crippen LogP contribution in [0.1, 0.15) is 10.4 Å². The van der Waals surface area contributed by atoms with E-state index < -0.39 is 11.7 Å². The monoisotopic (exact) mass is 353 g/mol. The number of hydrazine groups is 1. The van der Waals surface area contributed by atoms with Crippen LogP contribution in [0.4, 0.5) is 15.8 Å². The fraction of sp³-hybridized carbons (Fsp3) is 0.0714. The van der Waals surface area contributed by atoms with Gasteiger partial charge in [-0.2, -0.15) is 0 Å². The van der Waals surface area contributed by atoms with Crippen LogP contribution < -0.4 is 21.3 Å². The molecule has 0 saturated carbocycles. The van der Waals surface area contributed by atoms with E-state index in [0.29, 0.717) is 15.9 Å². The van der Waals surface area contributed by atoms with Gasteiger partial charge in [0.05, 0.1) is 22.8 Å². The number of nitrogens with one attached hydrogen (secondary N) is 2. The standard InChI is InChI=1S/C14H13BrFN3O2/c1-21-12-6-5-8(7-10(12)15)18-14(20)9-3-2-4-11(16)13(9)19-17/h2-7,19H,17H2,1H3,(H,18,20). The van der Waals surface area contributed by atoms with Crippen molar-refractivity contribution in [3.05, 3.63) is 52.3 Å². The molecule has 0 spiro atoms. The lowest BCUT2D eigenvalue weighted by Gasteiger charge is -2.11. The Hall–Kier alpha value is -2.12. The van der Waals surface area contributed by atoms with Crippen LogP contribution in [-0.2, 0) is 0 Å². The highest BCUT2D eigenvalue weighted by Gasteiger charge is 2.15. The van der Waals surface area contributed by atoms with Crippen molar-refractivity contribution < 1.29 is 13.9 Å². The number of amides is 1. The Balaban J connectivity index is 2.26. The molecule has 0 atom stereocenters. The third-order valence-corrected chi connectivity index (χ3v) is 3.43. The highest BCUT2D eigenvalue weighted by molar-refractivity contribution is 9.10. The lowest BCUT2D eigenvalue weighted by atomic mass is 10.1. The topological polar surface area (TPSA) is 76.4 Å². The summed E-state index contributed by atoms with van der Waals surface area (Å²) < 4.78 is 19.4. The van der Waals surface area contributed by atoms with Gasteiger partial charge in [0.1, 0.15) is 11.6 Å². The van der Waals surface area contributed by atoms with E-state index in [-0.39, 0.29) is 11.3 Å². The molecule has 0 bridgehead atoms. The van der Waals surface area contributed by atoms with Gasteiger partial charge < -0.3 is 15.5 Å². The number of benzene rings is 2. The molecule has 2 aromatic carbocycles. The van der Waals surface area contributed by atoms with Gasteiger partial charge in [-0.25, -0.2) is 4.39 Å². The van der Waals surface area contributed by atoms with Gasteiger partial charge in [-0.15, -0.1) is 0 Å². The highest BCUT2D eigenvalue weighted by atomic mass is 79.9. The Bertz CT molecular complexity index is 679. The summed E-state index contributed by atoms with van der Waals surface area (Å²) in [6, 6.07) is 9.20. The molecule has 0 aliphatic carbocycles. The zero-order chi connectivity index (χ0) is 15.4. The van der Waals surface area contributed by atoms with E-state index in [2.05, 4.69) is 26.7 Å². The Labute approximate surface area is 129 Å². The summed E-state index contributed by atoms with van der Waals surface area (Å²) in [7, 11) is 1.55. The summed E-state index contributed by atoms with van der Waals surface area (Å²) in [5.41, 5.74) is 2.80. The first-order valence-electron chi connectivity index (χ1n) is 5.97. The van der Waals surface area contributed by atoms with Crippen LogP contribution in [0.15, 0.2) is 40.9 Å². The minimum absolute atomic E-state index is 0.0532. The minimum atomic E-state index is -0.596. The molecule has 21 heavy (non-hydrogen) atoms. The number of ether oxygens (including phenoxy) is 1. The second kappa shape index (κ2) is 6.55. The lowest BCUT2D eigenvalue weighted by molar-refractivity contribution is 0.102. The Morgan fingerprint density at radius 2 is 2.10 bits per heavy atom. The number of nitrogens with two attached hydrogens (primary N) is 1. The van der Waals surface area contributed by atoms with Crippen LogP contribution in [0.3, 0.4) is 0 Å². The molecule has 5 nitrogen and oxygen atoms in total. The normalized spacial score (nSPS) is 10.1. The van der Waals surface area contributed by atoms with Gasteiger partial charge >= 0.3 is 0 Å². The molecular weight excluding hydrogens is 341 g/mol. The molecule has 0 radical (unpaired) electrons. The third-order valence-electron chi connectivity index (χ3n) is 2.81. The molecule has 0 aliphatic rings. The van der Waals surface area contributed by atoms with E-state index in [4.69, 9.17) is 10.6 Å². The number of nitrogen functional groups attached to an aromatic ring is 1. The van der Waals surface area contributed by atoms with Crippen molar-refractivity contribution in [1.29, 1.82) is 0 Å². The van der Waals surface area contributed by atoms with E-state index in [1.165, 1.54) is 18.2 Å². The van der Waals surface area contributed by atoms with E-state index in [9.17, 15) is 9.18 Å². The van der Waals surface area contributed by atoms with Crippen LogP contribution >= 0.6 is 15.9 Å². The zero-order valence-electron chi connectivity index (χ0n) is 11.1. The Kier molecular flexibility index (Phi) is 4.77. The van der Waals surface area contributed by atoms with E-state index in [1.807, 2.05) is 0 Å². The van der Waals surface area contributed by atoms with Crippen LogP contribution in [0, 0.1) is 5.82 Å². The number of para-hydroxylation sites is 1. The molecule has 0 aromatic heterocycles. The van der Waals surface area contributed by atoms with Gasteiger partial charge in [-0.05, 0) is 46.3 Å². The fourth-order valence-corrected chi connectivity index (χ4v) is 2.34. The number of methoxy groups -OCH3 is 1. The molecule has 0 fully saturated rings. The van der Waals surface area contributed by atoms with Crippen molar-refractivity contribution in [2.45, 2.75) is 0 Å². The predicted octanol–water partition coefficient (Wildman–Crippen LogP) is 3.13. The summed E-state index contributed by atoms with van der Waals surface area (Å²) >= 11 is 3.32. The second-order valence-electron chi connectivity index (χ2n) is 4.11. The van der Waals surface area contributed by atoms with Crippen LogP contribution in [0.5, 0.6) is 5.75 Å². The largest absolute Gasteiger partial charge is 0.496 e. The van der Waals surface area contributed by atoms with Gasteiger partial charge in [0.25, 0.3) is 5.91 Å². The van der Waals surface area contributed by atoms with Crippen LogP contribution in [-0.4, -0.2) is 13.0 Å². The van der Waals surface area contributed by atoms with Crippen molar-refractivity contribution in [3.63, 3.8) is 0 Å². The first-order chi connectivity index (χ1) is 10.1. The quantitative estimate of drug-likeness (QED) is 0.582. The number of hydrogen-bond acceptors (Lipinski definition) is 4. The average Bonchev–Trinajstić information content (AvgIpc) is 2.47. The first-order valence-corrected chi connectivity index (χ1v) is 6.76. The molecular formula is C14H13BrFN3O2. The Morgan fingerprint density at radius 1 is 1.33 bits per heavy atom. The summed E-state index contributed by atoms with van der Waals surface area (Å²) in [6.45, 7) is 0. The highest BCUT2D eigenvalue weighted by Crippen LogP contribution is 2.28. The molecule has 0 unspecified atom stereocenters. The maximum Gasteiger partial charge on any atom is 0.257 e. The van der Waals surface area contributed by atoms with Gasteiger partial charge in [0.15, 0.2) is 0 Å². The SMILES string of the molecule is COc1ccc(NC(=O)c2cccc(F)c2NN)cc1Br. The van der Waals surface area contributed by atoms with Gasteiger partial charge in [0.2, 0.25) is 0 Å². The number of hydrogen-bond donors (Lipinski definition) is 3. The van der Waals surface area contributed by atoms with Crippen molar-refractivity contribution in [1.82, 2.24) is 0 Å². The first kappa shape index (κ1) is 15.3. The van der Waals surface area contributed by atoms with Gasteiger partial charge in [-0.1, -0.05) is 6.07 Å². The number of rotatable bonds is 4. The maximum atomic E-state index is 13.6. The molecule has 0 heterocycles. The molecule has 2 rings (SSSR count). The summed E-state index contributed by atoms with van der Waals surface area (Å²) in [5.74, 6) is 4.82. The smallest absolute Gasteiger partial charge is 0.257 e. The maximum absolute atomic E-state index is 13.6. The van der Waals surface area contributed by atoms with E-state index >= 15 is 0 Å². The molecule has 4 N–H and O–H groups in total. The fourth-order valence-electron chi connectivity index (χ4n) is 1.80. The zero-order valence-corrected chi connectivity index (χ0v) is 12.7.